The van der Waals surface area contributed by atoms with Crippen LogP contribution in [-0.4, -0.2) is 41.7 Å². The molecule has 0 radical (unpaired) electrons. The molecule has 2 aromatic rings. The van der Waals surface area contributed by atoms with E-state index < -0.39 is 5.97 Å². The Morgan fingerprint density at radius 3 is 2.67 bits per heavy atom. The standard InChI is InChI=1S/C19H22N2O6/c22-16(23)5-3-1-2-4-8-20-19(24)17-18(27-12-21-17)13-6-7-14-15(11-13)26-10-9-25-14/h6-7,11-12H,1-5,8-10H2,(H,20,24)(H,22,23). The molecule has 2 N–H and O–H groups in total. The van der Waals surface area contributed by atoms with Crippen molar-refractivity contribution >= 4 is 11.9 Å². The van der Waals surface area contributed by atoms with Gasteiger partial charge in [-0.05, 0) is 31.0 Å². The van der Waals surface area contributed by atoms with Crippen molar-refractivity contribution in [3.05, 3.63) is 30.3 Å². The van der Waals surface area contributed by atoms with E-state index in [1.54, 1.807) is 18.2 Å². The first kappa shape index (κ1) is 18.8. The van der Waals surface area contributed by atoms with Gasteiger partial charge in [-0.1, -0.05) is 12.8 Å². The van der Waals surface area contributed by atoms with Crippen molar-refractivity contribution in [3.63, 3.8) is 0 Å². The molecule has 0 fully saturated rings. The van der Waals surface area contributed by atoms with E-state index in [1.165, 1.54) is 6.39 Å². The number of nitrogens with zero attached hydrogens (tertiary/aromatic N) is 1. The molecule has 1 aromatic heterocycles. The van der Waals surface area contributed by atoms with Crippen LogP contribution in [0.3, 0.4) is 0 Å². The molecule has 1 aliphatic rings. The number of carboxylic acid groups (broad SMARTS) is 1. The van der Waals surface area contributed by atoms with Crippen LogP contribution < -0.4 is 14.8 Å². The number of rotatable bonds is 9. The number of aromatic nitrogens is 1. The summed E-state index contributed by atoms with van der Waals surface area (Å²) in [5.74, 6) is 0.576. The summed E-state index contributed by atoms with van der Waals surface area (Å²) in [5.41, 5.74) is 0.910. The zero-order valence-electron chi connectivity index (χ0n) is 14.9. The third kappa shape index (κ3) is 4.99. The number of ether oxygens (including phenoxy) is 2. The second kappa shape index (κ2) is 9.07. The molecule has 144 valence electrons. The number of nitrogens with one attached hydrogen (secondary N) is 1. The predicted molar refractivity (Wildman–Crippen MR) is 96.0 cm³/mol. The highest BCUT2D eigenvalue weighted by Crippen LogP contribution is 2.35. The van der Waals surface area contributed by atoms with Crippen LogP contribution in [0.2, 0.25) is 0 Å². The minimum atomic E-state index is -0.777. The van der Waals surface area contributed by atoms with Crippen LogP contribution in [0, 0.1) is 0 Å². The smallest absolute Gasteiger partial charge is 0.303 e. The van der Waals surface area contributed by atoms with Crippen LogP contribution in [0.1, 0.15) is 42.6 Å². The fourth-order valence-electron chi connectivity index (χ4n) is 2.84. The van der Waals surface area contributed by atoms with Crippen LogP contribution >= 0.6 is 0 Å². The number of carbonyl (C=O) groups is 2. The van der Waals surface area contributed by atoms with Gasteiger partial charge in [0, 0.05) is 18.5 Å². The Morgan fingerprint density at radius 2 is 1.85 bits per heavy atom. The number of aliphatic carboxylic acids is 1. The third-order valence-corrected chi connectivity index (χ3v) is 4.19. The van der Waals surface area contributed by atoms with Crippen molar-refractivity contribution in [1.29, 1.82) is 0 Å². The lowest BCUT2D eigenvalue weighted by atomic mass is 10.1. The summed E-state index contributed by atoms with van der Waals surface area (Å²) in [6.07, 6.45) is 4.55. The first-order valence-electron chi connectivity index (χ1n) is 8.98. The van der Waals surface area contributed by atoms with E-state index in [4.69, 9.17) is 19.0 Å². The SMILES string of the molecule is O=C(O)CCCCCCNC(=O)c1ncoc1-c1ccc2c(c1)OCCO2. The molecule has 8 nitrogen and oxygen atoms in total. The molecule has 0 saturated carbocycles. The molecule has 0 aliphatic carbocycles. The molecule has 0 unspecified atom stereocenters. The van der Waals surface area contributed by atoms with Crippen LogP contribution in [0.15, 0.2) is 29.0 Å². The normalized spacial score (nSPS) is 12.6. The molecule has 0 atom stereocenters. The molecule has 27 heavy (non-hydrogen) atoms. The highest BCUT2D eigenvalue weighted by molar-refractivity contribution is 5.97. The number of benzene rings is 1. The first-order valence-corrected chi connectivity index (χ1v) is 8.98. The lowest BCUT2D eigenvalue weighted by molar-refractivity contribution is -0.137. The van der Waals surface area contributed by atoms with Crippen LogP contribution in [0.25, 0.3) is 11.3 Å². The van der Waals surface area contributed by atoms with Crippen molar-refractivity contribution in [2.24, 2.45) is 0 Å². The fraction of sp³-hybridized carbons (Fsp3) is 0.421. The van der Waals surface area contributed by atoms with E-state index in [9.17, 15) is 9.59 Å². The van der Waals surface area contributed by atoms with Gasteiger partial charge in [0.1, 0.15) is 13.2 Å². The van der Waals surface area contributed by atoms with Crippen LogP contribution in [0.4, 0.5) is 0 Å². The van der Waals surface area contributed by atoms with E-state index in [0.717, 1.165) is 19.3 Å². The summed E-state index contributed by atoms with van der Waals surface area (Å²) in [4.78, 5) is 26.9. The van der Waals surface area contributed by atoms with Crippen molar-refractivity contribution < 1.29 is 28.6 Å². The number of hydrogen-bond donors (Lipinski definition) is 2. The van der Waals surface area contributed by atoms with Gasteiger partial charge in [-0.25, -0.2) is 4.98 Å². The zero-order chi connectivity index (χ0) is 19.1. The van der Waals surface area contributed by atoms with E-state index in [2.05, 4.69) is 10.3 Å². The predicted octanol–water partition coefficient (Wildman–Crippen LogP) is 2.88. The third-order valence-electron chi connectivity index (χ3n) is 4.19. The summed E-state index contributed by atoms with van der Waals surface area (Å²) >= 11 is 0. The molecule has 8 heteroatoms. The summed E-state index contributed by atoms with van der Waals surface area (Å²) in [7, 11) is 0. The topological polar surface area (TPSA) is 111 Å². The number of amides is 1. The Balaban J connectivity index is 1.53. The van der Waals surface area contributed by atoms with Gasteiger partial charge in [-0.15, -0.1) is 0 Å². The van der Waals surface area contributed by atoms with Crippen LogP contribution in [0.5, 0.6) is 11.5 Å². The van der Waals surface area contributed by atoms with Crippen molar-refractivity contribution in [3.8, 4) is 22.8 Å². The quantitative estimate of drug-likeness (QED) is 0.649. The Bertz CT molecular complexity index is 801. The molecule has 0 spiro atoms. The molecular formula is C19H22N2O6. The van der Waals surface area contributed by atoms with Gasteiger partial charge in [0.15, 0.2) is 29.3 Å². The number of carboxylic acids is 1. The molecule has 2 heterocycles. The second-order valence-electron chi connectivity index (χ2n) is 6.20. The lowest BCUT2D eigenvalue weighted by Gasteiger charge is -2.18. The van der Waals surface area contributed by atoms with E-state index >= 15 is 0 Å². The Morgan fingerprint density at radius 1 is 1.07 bits per heavy atom. The Hall–Kier alpha value is -3.03. The molecule has 1 amide bonds. The number of hydrogen-bond acceptors (Lipinski definition) is 6. The average molecular weight is 374 g/mol. The summed E-state index contributed by atoms with van der Waals surface area (Å²) < 4.78 is 16.5. The maximum absolute atomic E-state index is 12.4. The lowest BCUT2D eigenvalue weighted by Crippen LogP contribution is -2.25. The largest absolute Gasteiger partial charge is 0.486 e. The van der Waals surface area contributed by atoms with Crippen molar-refractivity contribution in [2.45, 2.75) is 32.1 Å². The summed E-state index contributed by atoms with van der Waals surface area (Å²) in [6.45, 7) is 1.49. The number of carbonyl (C=O) groups excluding carboxylic acids is 1. The Kier molecular flexibility index (Phi) is 6.30. The molecular weight excluding hydrogens is 352 g/mol. The number of fused-ring (bicyclic) bond motifs is 1. The van der Waals surface area contributed by atoms with E-state index in [0.29, 0.717) is 49.0 Å². The highest BCUT2D eigenvalue weighted by atomic mass is 16.6. The average Bonchev–Trinajstić information content (AvgIpc) is 3.16. The summed E-state index contributed by atoms with van der Waals surface area (Å²) in [6, 6.07) is 5.35. The van der Waals surface area contributed by atoms with Gasteiger partial charge in [0.2, 0.25) is 0 Å². The van der Waals surface area contributed by atoms with Gasteiger partial charge >= 0.3 is 5.97 Å². The maximum atomic E-state index is 12.4. The van der Waals surface area contributed by atoms with Gasteiger partial charge in [-0.2, -0.15) is 0 Å². The van der Waals surface area contributed by atoms with E-state index in [1.807, 2.05) is 0 Å². The molecule has 0 bridgehead atoms. The van der Waals surface area contributed by atoms with E-state index in [-0.39, 0.29) is 18.0 Å². The molecule has 1 aromatic carbocycles. The maximum Gasteiger partial charge on any atom is 0.303 e. The fourth-order valence-corrected chi connectivity index (χ4v) is 2.84. The Labute approximate surface area is 156 Å². The van der Waals surface area contributed by atoms with Gasteiger partial charge in [0.05, 0.1) is 0 Å². The van der Waals surface area contributed by atoms with Gasteiger partial charge in [0.25, 0.3) is 5.91 Å². The molecule has 1 aliphatic heterocycles. The van der Waals surface area contributed by atoms with Crippen molar-refractivity contribution in [2.75, 3.05) is 19.8 Å². The monoisotopic (exact) mass is 374 g/mol. The zero-order valence-corrected chi connectivity index (χ0v) is 14.9. The van der Waals surface area contributed by atoms with Gasteiger partial charge < -0.3 is 24.3 Å². The number of unbranched alkanes of at least 4 members (excludes halogenated alkanes) is 3. The first-order chi connectivity index (χ1) is 13.1. The number of oxazole rings is 1. The minimum Gasteiger partial charge on any atom is -0.486 e. The highest BCUT2D eigenvalue weighted by Gasteiger charge is 2.20. The minimum absolute atomic E-state index is 0.185. The van der Waals surface area contributed by atoms with Crippen molar-refractivity contribution in [1.82, 2.24) is 10.3 Å². The second-order valence-corrected chi connectivity index (χ2v) is 6.20. The van der Waals surface area contributed by atoms with Gasteiger partial charge in [-0.3, -0.25) is 9.59 Å². The summed E-state index contributed by atoms with van der Waals surface area (Å²) in [5, 5.41) is 11.4. The van der Waals surface area contributed by atoms with Crippen LogP contribution in [-0.2, 0) is 4.79 Å². The molecule has 0 saturated heterocycles. The molecule has 3 rings (SSSR count).